The van der Waals surface area contributed by atoms with Crippen LogP contribution >= 0.6 is 0 Å². The summed E-state index contributed by atoms with van der Waals surface area (Å²) >= 11 is 0. The molecule has 0 saturated carbocycles. The fourth-order valence-corrected chi connectivity index (χ4v) is 5.19. The lowest BCUT2D eigenvalue weighted by Crippen LogP contribution is -2.56. The summed E-state index contributed by atoms with van der Waals surface area (Å²) in [5.41, 5.74) is 2.94. The molecular formula is C30H30N4O2. The van der Waals surface area contributed by atoms with E-state index in [-0.39, 0.29) is 23.9 Å². The number of pyridine rings is 1. The van der Waals surface area contributed by atoms with E-state index in [4.69, 9.17) is 0 Å². The number of aromatic nitrogens is 1. The Kier molecular flexibility index (Phi) is 7.05. The number of fused-ring (bicyclic) bond motifs is 1. The van der Waals surface area contributed by atoms with Gasteiger partial charge in [-0.3, -0.25) is 19.5 Å². The van der Waals surface area contributed by atoms with Crippen LogP contribution in [0.2, 0.25) is 0 Å². The summed E-state index contributed by atoms with van der Waals surface area (Å²) in [7, 11) is 1.66. The summed E-state index contributed by atoms with van der Waals surface area (Å²) in [4.78, 5) is 34.9. The second-order valence-electron chi connectivity index (χ2n) is 9.15. The molecule has 0 bridgehead atoms. The minimum absolute atomic E-state index is 0.0152. The van der Waals surface area contributed by atoms with Gasteiger partial charge in [-0.2, -0.15) is 0 Å². The minimum atomic E-state index is -0.143. The molecule has 1 atom stereocenters. The van der Waals surface area contributed by atoms with E-state index in [2.05, 4.69) is 39.5 Å². The average Bonchev–Trinajstić information content (AvgIpc) is 2.94. The van der Waals surface area contributed by atoms with Gasteiger partial charge < -0.3 is 10.2 Å². The number of carbonyl (C=O) groups excluding carboxylic acids is 2. The van der Waals surface area contributed by atoms with Gasteiger partial charge in [-0.15, -0.1) is 0 Å². The second kappa shape index (κ2) is 10.7. The fraction of sp³-hybridized carbons (Fsp3) is 0.233. The van der Waals surface area contributed by atoms with Gasteiger partial charge in [0.2, 0.25) is 5.91 Å². The van der Waals surface area contributed by atoms with Crippen molar-refractivity contribution in [3.05, 3.63) is 114 Å². The van der Waals surface area contributed by atoms with Gasteiger partial charge in [0.05, 0.1) is 11.6 Å². The lowest BCUT2D eigenvalue weighted by atomic mass is 9.93. The topological polar surface area (TPSA) is 65.5 Å². The first-order valence-electron chi connectivity index (χ1n) is 12.3. The van der Waals surface area contributed by atoms with Crippen molar-refractivity contribution >= 4 is 22.6 Å². The van der Waals surface area contributed by atoms with Crippen LogP contribution < -0.4 is 5.32 Å². The van der Waals surface area contributed by atoms with Crippen LogP contribution in [-0.2, 0) is 4.79 Å². The Morgan fingerprint density at radius 1 is 0.889 bits per heavy atom. The zero-order valence-electron chi connectivity index (χ0n) is 20.4. The molecule has 3 aromatic carbocycles. The third-order valence-corrected chi connectivity index (χ3v) is 6.98. The van der Waals surface area contributed by atoms with Gasteiger partial charge in [0.15, 0.2) is 0 Å². The van der Waals surface area contributed by atoms with E-state index in [0.717, 1.165) is 10.8 Å². The standard InChI is InChI=1S/C30H30N4O2/c1-31-28(35)18-25-21-33(30(36)27-20-32-19-24-14-8-9-15-26(24)27)16-17-34(25)29(22-10-4-2-5-11-22)23-12-6-3-7-13-23/h2-15,19-20,25,29H,16-18,21H2,1H3,(H,31,35)/t25-/m1/s1. The van der Waals surface area contributed by atoms with Gasteiger partial charge >= 0.3 is 0 Å². The van der Waals surface area contributed by atoms with Gasteiger partial charge in [-0.05, 0) is 16.5 Å². The summed E-state index contributed by atoms with van der Waals surface area (Å²) in [6.07, 6.45) is 3.74. The number of nitrogens with zero attached hydrogens (tertiary/aromatic N) is 3. The van der Waals surface area contributed by atoms with Crippen LogP contribution in [0.25, 0.3) is 10.8 Å². The highest BCUT2D eigenvalue weighted by atomic mass is 16.2. The number of nitrogens with one attached hydrogen (secondary N) is 1. The Morgan fingerprint density at radius 3 is 2.19 bits per heavy atom. The molecule has 0 unspecified atom stereocenters. The first-order chi connectivity index (χ1) is 17.7. The maximum Gasteiger partial charge on any atom is 0.256 e. The zero-order chi connectivity index (χ0) is 24.9. The van der Waals surface area contributed by atoms with Crippen LogP contribution in [-0.4, -0.2) is 59.3 Å². The summed E-state index contributed by atoms with van der Waals surface area (Å²) in [6, 6.07) is 28.4. The number of hydrogen-bond acceptors (Lipinski definition) is 4. The molecule has 6 nitrogen and oxygen atoms in total. The highest BCUT2D eigenvalue weighted by molar-refractivity contribution is 6.06. The SMILES string of the molecule is CNC(=O)C[C@@H]1CN(C(=O)c2cncc3ccccc23)CCN1C(c1ccccc1)c1ccccc1. The van der Waals surface area contributed by atoms with E-state index in [9.17, 15) is 9.59 Å². The molecule has 0 radical (unpaired) electrons. The number of piperazine rings is 1. The largest absolute Gasteiger partial charge is 0.359 e. The van der Waals surface area contributed by atoms with Crippen LogP contribution in [0.4, 0.5) is 0 Å². The van der Waals surface area contributed by atoms with Crippen molar-refractivity contribution in [3.63, 3.8) is 0 Å². The molecule has 1 saturated heterocycles. The quantitative estimate of drug-likeness (QED) is 0.449. The van der Waals surface area contributed by atoms with Crippen molar-refractivity contribution in [1.82, 2.24) is 20.1 Å². The number of hydrogen-bond donors (Lipinski definition) is 1. The predicted octanol–water partition coefficient (Wildman–Crippen LogP) is 4.29. The van der Waals surface area contributed by atoms with Gasteiger partial charge in [0, 0.05) is 56.9 Å². The van der Waals surface area contributed by atoms with E-state index >= 15 is 0 Å². The summed E-state index contributed by atoms with van der Waals surface area (Å²) < 4.78 is 0. The smallest absolute Gasteiger partial charge is 0.256 e. The predicted molar refractivity (Wildman–Crippen MR) is 142 cm³/mol. The Balaban J connectivity index is 1.48. The molecule has 4 aromatic rings. The average molecular weight is 479 g/mol. The highest BCUT2D eigenvalue weighted by Crippen LogP contribution is 2.33. The molecule has 0 aliphatic carbocycles. The van der Waals surface area contributed by atoms with E-state index in [1.54, 1.807) is 19.4 Å². The first kappa shape index (κ1) is 23.7. The molecule has 0 spiro atoms. The molecule has 1 aliphatic rings. The van der Waals surface area contributed by atoms with Gasteiger partial charge in [-0.1, -0.05) is 84.9 Å². The molecule has 182 valence electrons. The minimum Gasteiger partial charge on any atom is -0.359 e. The molecule has 5 rings (SSSR count). The fourth-order valence-electron chi connectivity index (χ4n) is 5.19. The first-order valence-corrected chi connectivity index (χ1v) is 12.3. The maximum atomic E-state index is 13.7. The Bertz CT molecular complexity index is 1300. The van der Waals surface area contributed by atoms with Gasteiger partial charge in [0.25, 0.3) is 5.91 Å². The Hall–Kier alpha value is -4.03. The van der Waals surface area contributed by atoms with Crippen LogP contribution in [0.15, 0.2) is 97.3 Å². The zero-order valence-corrected chi connectivity index (χ0v) is 20.4. The van der Waals surface area contributed by atoms with Crippen LogP contribution in [0.5, 0.6) is 0 Å². The lowest BCUT2D eigenvalue weighted by Gasteiger charge is -2.45. The van der Waals surface area contributed by atoms with Crippen LogP contribution in [0, 0.1) is 0 Å². The van der Waals surface area contributed by atoms with E-state index < -0.39 is 0 Å². The number of amides is 2. The Morgan fingerprint density at radius 2 is 1.53 bits per heavy atom. The van der Waals surface area contributed by atoms with E-state index in [1.165, 1.54) is 11.1 Å². The normalized spacial score (nSPS) is 16.3. The van der Waals surface area contributed by atoms with Crippen molar-refractivity contribution in [2.24, 2.45) is 0 Å². The third kappa shape index (κ3) is 4.86. The van der Waals surface area contributed by atoms with Gasteiger partial charge in [0.1, 0.15) is 0 Å². The van der Waals surface area contributed by atoms with Crippen LogP contribution in [0.3, 0.4) is 0 Å². The highest BCUT2D eigenvalue weighted by Gasteiger charge is 2.36. The van der Waals surface area contributed by atoms with Crippen molar-refractivity contribution in [1.29, 1.82) is 0 Å². The number of benzene rings is 3. The monoisotopic (exact) mass is 478 g/mol. The molecule has 2 heterocycles. The molecule has 1 fully saturated rings. The number of carbonyl (C=O) groups is 2. The van der Waals surface area contributed by atoms with Crippen molar-refractivity contribution < 1.29 is 9.59 Å². The molecular weight excluding hydrogens is 448 g/mol. The molecule has 1 aliphatic heterocycles. The van der Waals surface area contributed by atoms with E-state index in [0.29, 0.717) is 31.6 Å². The van der Waals surface area contributed by atoms with Crippen molar-refractivity contribution in [2.45, 2.75) is 18.5 Å². The van der Waals surface area contributed by atoms with E-state index in [1.807, 2.05) is 65.6 Å². The maximum absolute atomic E-state index is 13.7. The molecule has 1 aromatic heterocycles. The van der Waals surface area contributed by atoms with Crippen molar-refractivity contribution in [3.8, 4) is 0 Å². The lowest BCUT2D eigenvalue weighted by molar-refractivity contribution is -0.122. The van der Waals surface area contributed by atoms with Crippen LogP contribution in [0.1, 0.15) is 33.9 Å². The summed E-state index contributed by atoms with van der Waals surface area (Å²) in [6.45, 7) is 1.69. The Labute approximate surface area is 211 Å². The molecule has 6 heteroatoms. The number of rotatable bonds is 6. The third-order valence-electron chi connectivity index (χ3n) is 6.98. The molecule has 1 N–H and O–H groups in total. The summed E-state index contributed by atoms with van der Waals surface area (Å²) in [5.74, 6) is -0.0807. The van der Waals surface area contributed by atoms with Gasteiger partial charge in [-0.25, -0.2) is 0 Å². The molecule has 36 heavy (non-hydrogen) atoms. The summed E-state index contributed by atoms with van der Waals surface area (Å²) in [5, 5.41) is 4.61. The molecule has 2 amide bonds. The van der Waals surface area contributed by atoms with Crippen molar-refractivity contribution in [2.75, 3.05) is 26.7 Å². The second-order valence-corrected chi connectivity index (χ2v) is 9.15.